The molecule has 0 aliphatic carbocycles. The van der Waals surface area contributed by atoms with E-state index < -0.39 is 12.0 Å². The summed E-state index contributed by atoms with van der Waals surface area (Å²) in [6.07, 6.45) is 0. The van der Waals surface area contributed by atoms with Gasteiger partial charge in [-0.05, 0) is 5.46 Å². The van der Waals surface area contributed by atoms with Crippen molar-refractivity contribution in [3.05, 3.63) is 34.4 Å². The average molecular weight is 205 g/mol. The Morgan fingerprint density at radius 3 is 2.73 bits per heavy atom. The summed E-state index contributed by atoms with van der Waals surface area (Å²) in [4.78, 5) is 10.1. The monoisotopic (exact) mass is 205 g/mol. The Morgan fingerprint density at radius 1 is 1.33 bits per heavy atom. The van der Waals surface area contributed by atoms with Gasteiger partial charge >= 0.3 is 22.5 Å². The highest BCUT2D eigenvalue weighted by Crippen LogP contribution is 2.08. The quantitative estimate of drug-likeness (QED) is 0.347. The first-order valence-electron chi connectivity index (χ1n) is 4.32. The average Bonchev–Trinajstić information content (AvgIpc) is 2.30. The molecule has 0 N–H and O–H groups in total. The predicted octanol–water partition coefficient (Wildman–Crippen LogP) is -1.11. The fraction of sp³-hybridized carbons (Fsp3) is 0. The van der Waals surface area contributed by atoms with Crippen molar-refractivity contribution < 1.29 is 18.6 Å². The van der Waals surface area contributed by atoms with Gasteiger partial charge in [-0.1, -0.05) is 12.1 Å². The zero-order chi connectivity index (χ0) is 10.7. The van der Waals surface area contributed by atoms with Crippen LogP contribution in [0.2, 0.25) is 0 Å². The number of benzene rings is 1. The van der Waals surface area contributed by atoms with Crippen molar-refractivity contribution in [3.8, 4) is 0 Å². The number of rotatable bonds is 2. The molecule has 2 rings (SSSR count). The summed E-state index contributed by atoms with van der Waals surface area (Å²) in [5.41, 5.74) is 0.638. The third-order valence-electron chi connectivity index (χ3n) is 1.96. The van der Waals surface area contributed by atoms with Crippen molar-refractivity contribution in [3.63, 3.8) is 0 Å². The highest BCUT2D eigenvalue weighted by atomic mass is 16.7. The maximum absolute atomic E-state index is 10.5. The van der Waals surface area contributed by atoms with E-state index in [4.69, 9.17) is 13.7 Å². The van der Waals surface area contributed by atoms with E-state index in [0.29, 0.717) is 5.46 Å². The summed E-state index contributed by atoms with van der Waals surface area (Å²) in [6, 6.07) is 6.15. The zero-order valence-electron chi connectivity index (χ0n) is 7.79. The van der Waals surface area contributed by atoms with Crippen LogP contribution in [0.25, 0.3) is 0 Å². The van der Waals surface area contributed by atoms with Gasteiger partial charge in [-0.2, -0.15) is 0 Å². The molecular formula is C6H6B3NO5. The van der Waals surface area contributed by atoms with E-state index in [1.54, 1.807) is 12.1 Å². The van der Waals surface area contributed by atoms with Crippen LogP contribution in [0.15, 0.2) is 24.3 Å². The van der Waals surface area contributed by atoms with Crippen LogP contribution in [0.4, 0.5) is 5.69 Å². The van der Waals surface area contributed by atoms with E-state index >= 15 is 0 Å². The highest BCUT2D eigenvalue weighted by molar-refractivity contribution is 6.71. The molecule has 1 aromatic carbocycles. The molecule has 1 saturated heterocycles. The van der Waals surface area contributed by atoms with Gasteiger partial charge in [-0.25, -0.2) is 0 Å². The van der Waals surface area contributed by atoms with Crippen molar-refractivity contribution in [1.29, 1.82) is 0 Å². The molecular weight excluding hydrogens is 199 g/mol. The number of nitro benzene ring substituents is 1. The van der Waals surface area contributed by atoms with E-state index in [0.717, 1.165) is 0 Å². The molecule has 15 heavy (non-hydrogen) atoms. The Kier molecular flexibility index (Phi) is 3.05. The lowest BCUT2D eigenvalue weighted by atomic mass is 9.75. The summed E-state index contributed by atoms with van der Waals surface area (Å²) in [5, 5.41) is 10.5. The third-order valence-corrected chi connectivity index (χ3v) is 1.96. The van der Waals surface area contributed by atoms with Crippen LogP contribution in [0.1, 0.15) is 0 Å². The molecule has 74 valence electrons. The van der Waals surface area contributed by atoms with E-state index in [1.807, 2.05) is 0 Å². The molecule has 1 aromatic rings. The molecule has 9 heteroatoms. The zero-order valence-corrected chi connectivity index (χ0v) is 7.79. The van der Waals surface area contributed by atoms with Gasteiger partial charge < -0.3 is 13.7 Å². The van der Waals surface area contributed by atoms with Gasteiger partial charge in [-0.15, -0.1) is 0 Å². The van der Waals surface area contributed by atoms with Gasteiger partial charge in [0.1, 0.15) is 0 Å². The standard InChI is InChI=1S/C6H6B3NO5/c11-10(12)6-3-1-2-5(4-6)9-14-7-13-8-15-9/h1-4,7-8H. The Balaban J connectivity index is 2.19. The molecule has 0 bridgehead atoms. The summed E-state index contributed by atoms with van der Waals surface area (Å²) < 4.78 is 15.1. The number of nitro groups is 1. The maximum Gasteiger partial charge on any atom is 0.466 e. The highest BCUT2D eigenvalue weighted by Gasteiger charge is 2.26. The molecule has 0 radical (unpaired) electrons. The second-order valence-electron chi connectivity index (χ2n) is 2.96. The SMILES string of the molecule is O=[N+]([O-])c1cccc(B2OBOBO2)c1. The molecule has 0 spiro atoms. The Bertz CT molecular complexity index is 370. The van der Waals surface area contributed by atoms with Crippen molar-refractivity contribution in [1.82, 2.24) is 0 Å². The van der Waals surface area contributed by atoms with Crippen LogP contribution in [-0.4, -0.2) is 27.4 Å². The van der Waals surface area contributed by atoms with Crippen LogP contribution in [-0.2, 0) is 13.7 Å². The van der Waals surface area contributed by atoms with E-state index in [1.165, 1.54) is 12.1 Å². The lowest BCUT2D eigenvalue weighted by Crippen LogP contribution is -2.44. The first kappa shape index (κ1) is 10.2. The molecule has 1 aliphatic rings. The van der Waals surface area contributed by atoms with Crippen molar-refractivity contribution in [2.24, 2.45) is 0 Å². The number of non-ortho nitro benzene ring substituents is 1. The van der Waals surface area contributed by atoms with E-state index in [2.05, 4.69) is 0 Å². The predicted molar refractivity (Wildman–Crippen MR) is 56.0 cm³/mol. The number of hydrogen-bond donors (Lipinski definition) is 0. The van der Waals surface area contributed by atoms with Gasteiger partial charge in [0, 0.05) is 12.1 Å². The van der Waals surface area contributed by atoms with Crippen molar-refractivity contribution in [2.45, 2.75) is 0 Å². The molecule has 1 fully saturated rings. The Morgan fingerprint density at radius 2 is 2.07 bits per heavy atom. The normalized spacial score (nSPS) is 15.3. The van der Waals surface area contributed by atoms with Crippen molar-refractivity contribution in [2.75, 3.05) is 0 Å². The fourth-order valence-electron chi connectivity index (χ4n) is 1.28. The minimum absolute atomic E-state index is 0.0196. The van der Waals surface area contributed by atoms with Crippen LogP contribution >= 0.6 is 0 Å². The molecule has 0 aromatic heterocycles. The lowest BCUT2D eigenvalue weighted by Gasteiger charge is -2.19. The molecule has 0 amide bonds. The van der Waals surface area contributed by atoms with Gasteiger partial charge in [0.15, 0.2) is 0 Å². The molecule has 0 atom stereocenters. The van der Waals surface area contributed by atoms with Gasteiger partial charge in [0.05, 0.1) is 4.92 Å². The first-order valence-corrected chi connectivity index (χ1v) is 4.32. The molecule has 6 nitrogen and oxygen atoms in total. The van der Waals surface area contributed by atoms with Crippen LogP contribution in [0.5, 0.6) is 0 Å². The van der Waals surface area contributed by atoms with E-state index in [-0.39, 0.29) is 21.1 Å². The first-order chi connectivity index (χ1) is 7.27. The van der Waals surface area contributed by atoms with Gasteiger partial charge in [0.25, 0.3) is 5.69 Å². The minimum Gasteiger partial charge on any atom is -0.458 e. The van der Waals surface area contributed by atoms with Crippen LogP contribution < -0.4 is 5.46 Å². The summed E-state index contributed by atoms with van der Waals surface area (Å²) in [7, 11) is -0.320. The van der Waals surface area contributed by atoms with Crippen LogP contribution in [0.3, 0.4) is 0 Å². The summed E-state index contributed by atoms with van der Waals surface area (Å²) >= 11 is 0. The van der Waals surface area contributed by atoms with Gasteiger partial charge in [-0.3, -0.25) is 10.1 Å². The van der Waals surface area contributed by atoms with E-state index in [9.17, 15) is 10.1 Å². The Labute approximate surface area is 87.4 Å². The number of nitrogens with zero attached hydrogens (tertiary/aromatic N) is 1. The van der Waals surface area contributed by atoms with Crippen LogP contribution in [0, 0.1) is 10.1 Å². The largest absolute Gasteiger partial charge is 0.466 e. The molecule has 0 unspecified atom stereocenters. The minimum atomic E-state index is -0.585. The lowest BCUT2D eigenvalue weighted by molar-refractivity contribution is -0.384. The molecule has 1 heterocycles. The van der Waals surface area contributed by atoms with Crippen molar-refractivity contribution >= 4 is 33.6 Å². The molecule has 1 aliphatic heterocycles. The molecule has 0 saturated carbocycles. The summed E-state index contributed by atoms with van der Waals surface area (Å²) in [6.45, 7) is 0. The summed E-state index contributed by atoms with van der Waals surface area (Å²) in [5.74, 6) is 0. The smallest absolute Gasteiger partial charge is 0.458 e. The number of hydrogen-bond acceptors (Lipinski definition) is 5. The second kappa shape index (κ2) is 4.48. The second-order valence-corrected chi connectivity index (χ2v) is 2.96. The Hall–Kier alpha value is -1.31. The third kappa shape index (κ3) is 2.38. The topological polar surface area (TPSA) is 70.8 Å². The maximum atomic E-state index is 10.5. The van der Waals surface area contributed by atoms with Gasteiger partial charge in [0.2, 0.25) is 0 Å². The fourth-order valence-corrected chi connectivity index (χ4v) is 1.28.